The molecule has 122 valence electrons. The molecule has 0 atom stereocenters. The number of nitrogens with one attached hydrogen (secondary N) is 1. The van der Waals surface area contributed by atoms with Crippen LogP contribution in [0.2, 0.25) is 5.02 Å². The highest BCUT2D eigenvalue weighted by Gasteiger charge is 2.11. The van der Waals surface area contributed by atoms with Crippen molar-refractivity contribution in [1.29, 1.82) is 0 Å². The summed E-state index contributed by atoms with van der Waals surface area (Å²) in [5.41, 5.74) is 5.17. The Balaban J connectivity index is 1.73. The van der Waals surface area contributed by atoms with Crippen molar-refractivity contribution in [2.45, 2.75) is 13.5 Å². The molecule has 2 aromatic carbocycles. The van der Waals surface area contributed by atoms with Gasteiger partial charge in [0, 0.05) is 10.6 Å². The van der Waals surface area contributed by atoms with Gasteiger partial charge in [-0.3, -0.25) is 5.43 Å². The Hall–Kier alpha value is -2.86. The fourth-order valence-electron chi connectivity index (χ4n) is 2.04. The zero-order valence-electron chi connectivity index (χ0n) is 12.9. The van der Waals surface area contributed by atoms with Gasteiger partial charge in [-0.05, 0) is 43.3 Å². The predicted octanol–water partition coefficient (Wildman–Crippen LogP) is 3.64. The Labute approximate surface area is 143 Å². The number of rotatable bonds is 5. The van der Waals surface area contributed by atoms with Gasteiger partial charge >= 0.3 is 5.76 Å². The largest absolute Gasteiger partial charge is 0.437 e. The Morgan fingerprint density at radius 1 is 1.21 bits per heavy atom. The Bertz CT molecular complexity index is 898. The highest BCUT2D eigenvalue weighted by molar-refractivity contribution is 6.30. The number of aromatic nitrogens is 2. The third-order valence-corrected chi connectivity index (χ3v) is 3.48. The van der Waals surface area contributed by atoms with Crippen LogP contribution in [0.3, 0.4) is 0 Å². The first-order valence-corrected chi connectivity index (χ1v) is 7.68. The zero-order valence-corrected chi connectivity index (χ0v) is 13.7. The summed E-state index contributed by atoms with van der Waals surface area (Å²) in [5.74, 6) is -0.283. The normalized spacial score (nSPS) is 11.5. The lowest BCUT2D eigenvalue weighted by Crippen LogP contribution is -2.20. The van der Waals surface area contributed by atoms with Gasteiger partial charge in [-0.2, -0.15) is 9.78 Å². The second kappa shape index (κ2) is 7.14. The molecule has 0 saturated carbocycles. The molecule has 7 heteroatoms. The molecule has 0 fully saturated rings. The van der Waals surface area contributed by atoms with Gasteiger partial charge in [0.1, 0.15) is 0 Å². The molecular weight excluding hydrogens is 328 g/mol. The second-order valence-electron chi connectivity index (χ2n) is 5.16. The van der Waals surface area contributed by atoms with Crippen LogP contribution in [0.5, 0.6) is 0 Å². The highest BCUT2D eigenvalue weighted by Crippen LogP contribution is 2.18. The van der Waals surface area contributed by atoms with Crippen LogP contribution in [0.1, 0.15) is 6.92 Å². The lowest BCUT2D eigenvalue weighted by atomic mass is 10.2. The van der Waals surface area contributed by atoms with Crippen molar-refractivity contribution in [3.63, 3.8) is 0 Å². The maximum atomic E-state index is 11.9. The SMILES string of the molecule is C/C(Cn1nc(-c2ccc(Cl)cc2)oc1=O)=N\Nc1ccccc1. The standard InChI is InChI=1S/C17H15ClN4O2/c1-12(19-20-15-5-3-2-4-6-15)11-22-17(23)24-16(21-22)13-7-9-14(18)10-8-13/h2-10,20H,11H2,1H3/b19-12+. The van der Waals surface area contributed by atoms with E-state index in [1.54, 1.807) is 31.2 Å². The molecule has 24 heavy (non-hydrogen) atoms. The molecule has 0 aliphatic rings. The lowest BCUT2D eigenvalue weighted by Gasteiger charge is -2.02. The summed E-state index contributed by atoms with van der Waals surface area (Å²) in [6, 6.07) is 16.5. The van der Waals surface area contributed by atoms with Crippen molar-refractivity contribution in [2.75, 3.05) is 5.43 Å². The molecule has 1 aromatic heterocycles. The van der Waals surface area contributed by atoms with Crippen molar-refractivity contribution < 1.29 is 4.42 Å². The maximum Gasteiger partial charge on any atom is 0.437 e. The lowest BCUT2D eigenvalue weighted by molar-refractivity contribution is 0.500. The Morgan fingerprint density at radius 3 is 2.62 bits per heavy atom. The summed E-state index contributed by atoms with van der Waals surface area (Å²) in [6.45, 7) is 2.04. The van der Waals surface area contributed by atoms with Crippen LogP contribution >= 0.6 is 11.6 Å². The van der Waals surface area contributed by atoms with Crippen molar-refractivity contribution >= 4 is 23.0 Å². The van der Waals surface area contributed by atoms with E-state index in [2.05, 4.69) is 15.6 Å². The molecule has 0 spiro atoms. The van der Waals surface area contributed by atoms with Crippen molar-refractivity contribution in [1.82, 2.24) is 9.78 Å². The van der Waals surface area contributed by atoms with Gasteiger partial charge in [0.2, 0.25) is 5.89 Å². The first-order valence-electron chi connectivity index (χ1n) is 7.30. The molecular formula is C17H15ClN4O2. The van der Waals surface area contributed by atoms with Gasteiger partial charge in [-0.1, -0.05) is 29.8 Å². The molecule has 1 N–H and O–H groups in total. The van der Waals surface area contributed by atoms with E-state index < -0.39 is 5.76 Å². The summed E-state index contributed by atoms with van der Waals surface area (Å²) in [4.78, 5) is 11.9. The Morgan fingerprint density at radius 2 is 1.92 bits per heavy atom. The molecule has 0 aliphatic carbocycles. The van der Waals surface area contributed by atoms with E-state index in [0.717, 1.165) is 5.69 Å². The quantitative estimate of drug-likeness (QED) is 0.567. The number of halogens is 1. The van der Waals surface area contributed by atoms with Crippen molar-refractivity contribution in [3.8, 4) is 11.5 Å². The Kier molecular flexibility index (Phi) is 4.77. The maximum absolute atomic E-state index is 11.9. The molecule has 0 unspecified atom stereocenters. The average Bonchev–Trinajstić information content (AvgIpc) is 2.95. The van der Waals surface area contributed by atoms with Crippen LogP contribution in [0.25, 0.3) is 11.5 Å². The second-order valence-corrected chi connectivity index (χ2v) is 5.60. The van der Waals surface area contributed by atoms with Gasteiger partial charge < -0.3 is 4.42 Å². The number of hydrazone groups is 1. The third kappa shape index (κ3) is 3.91. The van der Waals surface area contributed by atoms with E-state index in [1.807, 2.05) is 30.3 Å². The van der Waals surface area contributed by atoms with E-state index in [9.17, 15) is 4.79 Å². The number of hydrogen-bond donors (Lipinski definition) is 1. The first kappa shape index (κ1) is 16.0. The summed E-state index contributed by atoms with van der Waals surface area (Å²) < 4.78 is 6.41. The fourth-order valence-corrected chi connectivity index (χ4v) is 2.17. The zero-order chi connectivity index (χ0) is 16.9. The molecule has 0 saturated heterocycles. The number of anilines is 1. The summed E-state index contributed by atoms with van der Waals surface area (Å²) in [6.07, 6.45) is 0. The topological polar surface area (TPSA) is 72.4 Å². The predicted molar refractivity (Wildman–Crippen MR) is 94.4 cm³/mol. The summed E-state index contributed by atoms with van der Waals surface area (Å²) >= 11 is 5.85. The summed E-state index contributed by atoms with van der Waals surface area (Å²) in [5, 5.41) is 9.03. The van der Waals surface area contributed by atoms with Gasteiger partial charge in [-0.15, -0.1) is 5.10 Å². The van der Waals surface area contributed by atoms with E-state index >= 15 is 0 Å². The molecule has 3 rings (SSSR count). The molecule has 3 aromatic rings. The average molecular weight is 343 g/mol. The highest BCUT2D eigenvalue weighted by atomic mass is 35.5. The van der Waals surface area contributed by atoms with Crippen LogP contribution in [-0.2, 0) is 6.54 Å². The smallest absolute Gasteiger partial charge is 0.388 e. The number of para-hydroxylation sites is 1. The van der Waals surface area contributed by atoms with Gasteiger partial charge in [0.05, 0.1) is 17.9 Å². The molecule has 0 amide bonds. The van der Waals surface area contributed by atoms with Crippen LogP contribution < -0.4 is 11.2 Å². The van der Waals surface area contributed by atoms with E-state index in [4.69, 9.17) is 16.0 Å². The number of nitrogens with zero attached hydrogens (tertiary/aromatic N) is 3. The monoisotopic (exact) mass is 342 g/mol. The van der Waals surface area contributed by atoms with Crippen molar-refractivity contribution in [3.05, 3.63) is 70.2 Å². The van der Waals surface area contributed by atoms with Crippen LogP contribution in [-0.4, -0.2) is 15.5 Å². The van der Waals surface area contributed by atoms with Gasteiger partial charge in [0.25, 0.3) is 0 Å². The first-order chi connectivity index (χ1) is 11.6. The molecule has 0 aliphatic heterocycles. The molecule has 0 bridgehead atoms. The van der Waals surface area contributed by atoms with Crippen molar-refractivity contribution in [2.24, 2.45) is 5.10 Å². The minimum atomic E-state index is -0.533. The van der Waals surface area contributed by atoms with Crippen LogP contribution in [0.15, 0.2) is 68.9 Å². The molecule has 1 heterocycles. The minimum Gasteiger partial charge on any atom is -0.388 e. The summed E-state index contributed by atoms with van der Waals surface area (Å²) in [7, 11) is 0. The van der Waals surface area contributed by atoms with Gasteiger partial charge in [0.15, 0.2) is 0 Å². The molecule has 0 radical (unpaired) electrons. The number of benzene rings is 2. The van der Waals surface area contributed by atoms with Crippen LogP contribution in [0.4, 0.5) is 5.69 Å². The fraction of sp³-hybridized carbons (Fsp3) is 0.118. The van der Waals surface area contributed by atoms with E-state index in [-0.39, 0.29) is 12.4 Å². The van der Waals surface area contributed by atoms with E-state index in [1.165, 1.54) is 4.68 Å². The third-order valence-electron chi connectivity index (χ3n) is 3.23. The van der Waals surface area contributed by atoms with E-state index in [0.29, 0.717) is 16.3 Å². The van der Waals surface area contributed by atoms with Gasteiger partial charge in [-0.25, -0.2) is 4.79 Å². The van der Waals surface area contributed by atoms with Crippen LogP contribution in [0, 0.1) is 0 Å². The number of hydrogen-bond acceptors (Lipinski definition) is 5. The minimum absolute atomic E-state index is 0.232. The molecule has 6 nitrogen and oxygen atoms in total.